The summed E-state index contributed by atoms with van der Waals surface area (Å²) < 4.78 is 5.24. The van der Waals surface area contributed by atoms with Crippen LogP contribution in [0.15, 0.2) is 48.5 Å². The Morgan fingerprint density at radius 2 is 1.86 bits per heavy atom. The topological polar surface area (TPSA) is 57.7 Å². The van der Waals surface area contributed by atoms with E-state index < -0.39 is 0 Å². The first-order chi connectivity index (χ1) is 14.0. The van der Waals surface area contributed by atoms with Gasteiger partial charge in [-0.15, -0.1) is 0 Å². The van der Waals surface area contributed by atoms with Crippen molar-refractivity contribution in [3.05, 3.63) is 59.2 Å². The second kappa shape index (κ2) is 8.27. The lowest BCUT2D eigenvalue weighted by atomic mass is 10.1. The number of halogens is 1. The van der Waals surface area contributed by atoms with E-state index in [1.54, 1.807) is 19.2 Å². The van der Waals surface area contributed by atoms with Crippen LogP contribution in [0.2, 0.25) is 5.02 Å². The monoisotopic (exact) mass is 410 g/mol. The molecule has 0 radical (unpaired) electrons. The summed E-state index contributed by atoms with van der Waals surface area (Å²) in [7, 11) is 3.74. The molecular formula is C22H23ClN4O2. The van der Waals surface area contributed by atoms with Gasteiger partial charge < -0.3 is 19.9 Å². The number of anilines is 2. The lowest BCUT2D eigenvalue weighted by molar-refractivity contribution is 0.102. The highest BCUT2D eigenvalue weighted by atomic mass is 35.5. The van der Waals surface area contributed by atoms with E-state index in [1.807, 2.05) is 36.4 Å². The molecule has 0 aliphatic carbocycles. The lowest BCUT2D eigenvalue weighted by Crippen LogP contribution is -2.44. The van der Waals surface area contributed by atoms with E-state index in [4.69, 9.17) is 16.3 Å². The van der Waals surface area contributed by atoms with Crippen molar-refractivity contribution in [2.75, 3.05) is 50.6 Å². The van der Waals surface area contributed by atoms with Crippen LogP contribution in [-0.4, -0.2) is 56.1 Å². The zero-order valence-corrected chi connectivity index (χ0v) is 17.2. The maximum Gasteiger partial charge on any atom is 0.274 e. The second-order valence-corrected chi connectivity index (χ2v) is 7.60. The summed E-state index contributed by atoms with van der Waals surface area (Å²) in [5.41, 5.74) is 2.76. The first-order valence-corrected chi connectivity index (χ1v) is 9.90. The number of fused-ring (bicyclic) bond motifs is 1. The van der Waals surface area contributed by atoms with Crippen molar-refractivity contribution in [1.82, 2.24) is 9.88 Å². The maximum absolute atomic E-state index is 12.9. The number of aromatic nitrogens is 1. The molecule has 2 aromatic carbocycles. The third-order valence-electron chi connectivity index (χ3n) is 5.18. The summed E-state index contributed by atoms with van der Waals surface area (Å²) in [6, 6.07) is 14.8. The van der Waals surface area contributed by atoms with Gasteiger partial charge >= 0.3 is 0 Å². The molecule has 4 rings (SSSR count). The Hall–Kier alpha value is -2.83. The Morgan fingerprint density at radius 1 is 1.07 bits per heavy atom. The molecule has 0 atom stereocenters. The third-order valence-corrected chi connectivity index (χ3v) is 5.41. The molecule has 6 nitrogen and oxygen atoms in total. The summed E-state index contributed by atoms with van der Waals surface area (Å²) in [6.07, 6.45) is 0. The number of methoxy groups -OCH3 is 1. The summed E-state index contributed by atoms with van der Waals surface area (Å²) in [5.74, 6) is 0.493. The fraction of sp³-hybridized carbons (Fsp3) is 0.273. The number of nitrogens with zero attached hydrogens (tertiary/aromatic N) is 3. The number of hydrogen-bond donors (Lipinski definition) is 1. The Kier molecular flexibility index (Phi) is 5.56. The minimum Gasteiger partial charge on any atom is -0.497 e. The van der Waals surface area contributed by atoms with E-state index in [2.05, 4.69) is 27.1 Å². The predicted octanol–water partition coefficient (Wildman–Crippen LogP) is 3.90. The molecule has 2 heterocycles. The number of nitrogens with one attached hydrogen (secondary N) is 1. The van der Waals surface area contributed by atoms with Gasteiger partial charge in [0.05, 0.1) is 24.0 Å². The Morgan fingerprint density at radius 3 is 2.62 bits per heavy atom. The van der Waals surface area contributed by atoms with E-state index in [0.29, 0.717) is 16.4 Å². The molecule has 3 aromatic rings. The number of carbonyl (C=O) groups is 1. The van der Waals surface area contributed by atoms with Gasteiger partial charge in [-0.2, -0.15) is 0 Å². The van der Waals surface area contributed by atoms with E-state index in [1.165, 1.54) is 0 Å². The van der Waals surface area contributed by atoms with Gasteiger partial charge in [-0.3, -0.25) is 4.79 Å². The molecule has 1 saturated heterocycles. The van der Waals surface area contributed by atoms with E-state index >= 15 is 0 Å². The molecular weight excluding hydrogens is 388 g/mol. The molecule has 1 aromatic heterocycles. The molecule has 1 amide bonds. The van der Waals surface area contributed by atoms with Crippen LogP contribution in [-0.2, 0) is 0 Å². The van der Waals surface area contributed by atoms with Gasteiger partial charge in [0.15, 0.2) is 0 Å². The Labute approximate surface area is 175 Å². The van der Waals surface area contributed by atoms with Crippen LogP contribution in [0.4, 0.5) is 11.4 Å². The molecule has 29 heavy (non-hydrogen) atoms. The average molecular weight is 411 g/mol. The van der Waals surface area contributed by atoms with E-state index in [0.717, 1.165) is 48.5 Å². The van der Waals surface area contributed by atoms with Crippen LogP contribution in [0.3, 0.4) is 0 Å². The number of carbonyl (C=O) groups excluding carboxylic acids is 1. The number of hydrogen-bond acceptors (Lipinski definition) is 5. The molecule has 1 N–H and O–H groups in total. The Balaban J connectivity index is 1.59. The minimum absolute atomic E-state index is 0.264. The zero-order chi connectivity index (χ0) is 20.4. The highest BCUT2D eigenvalue weighted by Crippen LogP contribution is 2.30. The zero-order valence-electron chi connectivity index (χ0n) is 16.5. The predicted molar refractivity (Wildman–Crippen MR) is 117 cm³/mol. The van der Waals surface area contributed by atoms with Gasteiger partial charge in [-0.25, -0.2) is 4.98 Å². The van der Waals surface area contributed by atoms with Gasteiger partial charge in [-0.1, -0.05) is 17.7 Å². The number of piperazine rings is 1. The summed E-state index contributed by atoms with van der Waals surface area (Å²) >= 11 is 6.21. The van der Waals surface area contributed by atoms with E-state index in [9.17, 15) is 4.79 Å². The first kappa shape index (κ1) is 19.5. The van der Waals surface area contributed by atoms with Gasteiger partial charge in [0.25, 0.3) is 5.91 Å². The van der Waals surface area contributed by atoms with Crippen molar-refractivity contribution >= 4 is 39.8 Å². The highest BCUT2D eigenvalue weighted by molar-refractivity contribution is 6.31. The van der Waals surface area contributed by atoms with Crippen LogP contribution in [0.25, 0.3) is 10.9 Å². The number of pyridine rings is 1. The largest absolute Gasteiger partial charge is 0.497 e. The number of ether oxygens (including phenoxy) is 1. The van der Waals surface area contributed by atoms with Gasteiger partial charge in [-0.05, 0) is 49.5 Å². The summed E-state index contributed by atoms with van der Waals surface area (Å²) in [4.78, 5) is 22.0. The number of likely N-dealkylation sites (N-methyl/N-ethyl adjacent to an activating group) is 1. The third kappa shape index (κ3) is 4.28. The van der Waals surface area contributed by atoms with Crippen LogP contribution in [0.5, 0.6) is 5.75 Å². The van der Waals surface area contributed by atoms with Crippen molar-refractivity contribution in [2.24, 2.45) is 0 Å². The Bertz CT molecular complexity index is 1050. The molecule has 150 valence electrons. The second-order valence-electron chi connectivity index (χ2n) is 7.16. The standard InChI is InChI=1S/C22H23ClN4O2/c1-26-9-11-27(12-10-26)21-8-4-16(23)14-20(21)25-22(28)19-6-3-15-13-17(29-2)5-7-18(15)24-19/h3-8,13-14H,9-12H2,1-2H3,(H,25,28). The molecule has 0 bridgehead atoms. The molecule has 0 saturated carbocycles. The number of rotatable bonds is 4. The average Bonchev–Trinajstić information content (AvgIpc) is 2.74. The van der Waals surface area contributed by atoms with Crippen molar-refractivity contribution in [3.8, 4) is 5.75 Å². The smallest absolute Gasteiger partial charge is 0.274 e. The van der Waals surface area contributed by atoms with Crippen molar-refractivity contribution < 1.29 is 9.53 Å². The first-order valence-electron chi connectivity index (χ1n) is 9.53. The molecule has 0 spiro atoms. The lowest BCUT2D eigenvalue weighted by Gasteiger charge is -2.35. The van der Waals surface area contributed by atoms with Crippen molar-refractivity contribution in [3.63, 3.8) is 0 Å². The van der Waals surface area contributed by atoms with Gasteiger partial charge in [0.2, 0.25) is 0 Å². The fourth-order valence-corrected chi connectivity index (χ4v) is 3.65. The van der Waals surface area contributed by atoms with Gasteiger partial charge in [0, 0.05) is 36.6 Å². The normalized spacial score (nSPS) is 14.8. The molecule has 1 fully saturated rings. The fourth-order valence-electron chi connectivity index (χ4n) is 3.47. The quantitative estimate of drug-likeness (QED) is 0.706. The molecule has 7 heteroatoms. The highest BCUT2D eigenvalue weighted by Gasteiger charge is 2.19. The van der Waals surface area contributed by atoms with Crippen LogP contribution in [0, 0.1) is 0 Å². The summed E-state index contributed by atoms with van der Waals surface area (Å²) in [5, 5.41) is 4.50. The van der Waals surface area contributed by atoms with Gasteiger partial charge in [0.1, 0.15) is 11.4 Å². The van der Waals surface area contributed by atoms with E-state index in [-0.39, 0.29) is 5.91 Å². The number of benzene rings is 2. The van der Waals surface area contributed by atoms with Crippen molar-refractivity contribution in [1.29, 1.82) is 0 Å². The molecule has 1 aliphatic rings. The minimum atomic E-state index is -0.264. The maximum atomic E-state index is 12.9. The van der Waals surface area contributed by atoms with Crippen LogP contribution in [0.1, 0.15) is 10.5 Å². The van der Waals surface area contributed by atoms with Crippen LogP contribution >= 0.6 is 11.6 Å². The van der Waals surface area contributed by atoms with Crippen molar-refractivity contribution in [2.45, 2.75) is 0 Å². The van der Waals surface area contributed by atoms with Crippen LogP contribution < -0.4 is 15.0 Å². The molecule has 1 aliphatic heterocycles. The summed E-state index contributed by atoms with van der Waals surface area (Å²) in [6.45, 7) is 3.76. The molecule has 0 unspecified atom stereocenters. The SMILES string of the molecule is COc1ccc2nc(C(=O)Nc3cc(Cl)ccc3N3CCN(C)CC3)ccc2c1. The number of amides is 1.